The number of esters is 2. The maximum atomic E-state index is 12.3. The molecule has 0 aromatic heterocycles. The van der Waals surface area contributed by atoms with Gasteiger partial charge in [0.2, 0.25) is 35.4 Å². The van der Waals surface area contributed by atoms with E-state index in [9.17, 15) is 38.4 Å². The van der Waals surface area contributed by atoms with Gasteiger partial charge in [-0.05, 0) is 53.6 Å². The lowest BCUT2D eigenvalue weighted by Crippen LogP contribution is -2.41. The Hall–Kier alpha value is -7.40. The molecule has 0 unspecified atom stereocenters. The number of benzene rings is 4. The third-order valence-corrected chi connectivity index (χ3v) is 8.88. The first-order valence-electron chi connectivity index (χ1n) is 19.8. The zero-order chi connectivity index (χ0) is 44.5. The molecule has 17 nitrogen and oxygen atoms in total. The van der Waals surface area contributed by atoms with Crippen LogP contribution in [0, 0.1) is 0 Å². The fourth-order valence-corrected chi connectivity index (χ4v) is 5.45. The van der Waals surface area contributed by atoms with Crippen LogP contribution in [0.4, 0.5) is 11.4 Å². The number of carbonyl (C=O) groups excluding carboxylic acids is 8. The van der Waals surface area contributed by atoms with Crippen molar-refractivity contribution in [3.63, 3.8) is 0 Å². The highest BCUT2D eigenvalue weighted by atomic mass is 16.5. The van der Waals surface area contributed by atoms with Crippen LogP contribution in [0.1, 0.15) is 35.1 Å². The predicted molar refractivity (Wildman–Crippen MR) is 229 cm³/mol. The molecule has 0 atom stereocenters. The molecule has 0 aliphatic carbocycles. The summed E-state index contributed by atoms with van der Waals surface area (Å²) in [5.74, 6) is -3.65. The number of hydrogen-bond donors (Lipinski definition) is 6. The van der Waals surface area contributed by atoms with Crippen molar-refractivity contribution in [1.82, 2.24) is 26.2 Å². The minimum Gasteiger partial charge on any atom is -0.461 e. The standard InChI is InChI=1S/C45H51N7O10/c1-52(22-20-38(53)46-26-40(55)48-28-42(57)50-36-16-12-32(13-17-36)24-44(59)61-30-34-8-4-2-5-9-34)23-21-39(54)47-27-41(56)49-29-43(58)51-37-18-14-33(15-19-37)25-45(60)62-31-35-10-6-3-7-11-35/h2-19H,20-31H2,1H3,(H,46,53)(H,47,54)(H,48,55)(H,49,56)(H,50,57)(H,51,58). The van der Waals surface area contributed by atoms with Crippen molar-refractivity contribution in [2.75, 3.05) is 56.9 Å². The molecule has 326 valence electrons. The summed E-state index contributed by atoms with van der Waals surface area (Å²) in [5, 5.41) is 15.1. The predicted octanol–water partition coefficient (Wildman–Crippen LogP) is 2.01. The van der Waals surface area contributed by atoms with E-state index >= 15 is 0 Å². The van der Waals surface area contributed by atoms with Gasteiger partial charge in [0.05, 0.1) is 39.0 Å². The Bertz CT molecular complexity index is 1970. The van der Waals surface area contributed by atoms with E-state index in [2.05, 4.69) is 31.9 Å². The van der Waals surface area contributed by atoms with Crippen LogP contribution in [-0.2, 0) is 73.9 Å². The van der Waals surface area contributed by atoms with Gasteiger partial charge >= 0.3 is 11.9 Å². The van der Waals surface area contributed by atoms with Gasteiger partial charge in [0.15, 0.2) is 0 Å². The molecule has 0 saturated heterocycles. The summed E-state index contributed by atoms with van der Waals surface area (Å²) in [4.78, 5) is 99.6. The van der Waals surface area contributed by atoms with E-state index in [-0.39, 0.29) is 90.1 Å². The topological polar surface area (TPSA) is 230 Å². The van der Waals surface area contributed by atoms with E-state index in [1.807, 2.05) is 60.7 Å². The average molecular weight is 850 g/mol. The van der Waals surface area contributed by atoms with Crippen molar-refractivity contribution in [2.45, 2.75) is 38.9 Å². The van der Waals surface area contributed by atoms with Crippen LogP contribution >= 0.6 is 0 Å². The summed E-state index contributed by atoms with van der Waals surface area (Å²) in [7, 11) is 1.71. The van der Waals surface area contributed by atoms with E-state index < -0.39 is 35.4 Å². The third-order valence-electron chi connectivity index (χ3n) is 8.88. The van der Waals surface area contributed by atoms with Crippen LogP contribution in [0.2, 0.25) is 0 Å². The van der Waals surface area contributed by atoms with Gasteiger partial charge in [-0.3, -0.25) is 38.4 Å². The van der Waals surface area contributed by atoms with Crippen molar-refractivity contribution >= 4 is 58.8 Å². The summed E-state index contributed by atoms with van der Waals surface area (Å²) < 4.78 is 10.6. The van der Waals surface area contributed by atoms with E-state index in [0.29, 0.717) is 22.5 Å². The van der Waals surface area contributed by atoms with Gasteiger partial charge in [-0.25, -0.2) is 0 Å². The molecule has 0 heterocycles. The van der Waals surface area contributed by atoms with Gasteiger partial charge in [0.1, 0.15) is 13.2 Å². The van der Waals surface area contributed by atoms with Crippen molar-refractivity contribution in [3.8, 4) is 0 Å². The number of rotatable bonds is 24. The van der Waals surface area contributed by atoms with Crippen LogP contribution in [0.3, 0.4) is 0 Å². The molecule has 0 bridgehead atoms. The van der Waals surface area contributed by atoms with Crippen LogP contribution in [0.5, 0.6) is 0 Å². The van der Waals surface area contributed by atoms with Crippen LogP contribution in [0.25, 0.3) is 0 Å². The van der Waals surface area contributed by atoms with E-state index in [1.54, 1.807) is 60.5 Å². The first kappa shape index (κ1) is 47.3. The van der Waals surface area contributed by atoms with E-state index in [1.165, 1.54) is 0 Å². The highest BCUT2D eigenvalue weighted by molar-refractivity contribution is 5.96. The quantitative estimate of drug-likeness (QED) is 0.0559. The largest absolute Gasteiger partial charge is 0.461 e. The SMILES string of the molecule is CN(CCC(=O)NCC(=O)NCC(=O)Nc1ccc(CC(=O)OCc2ccccc2)cc1)CCC(=O)NCC(=O)NCC(=O)Nc1ccc(CC(=O)OCc2ccccc2)cc1. The third kappa shape index (κ3) is 19.6. The Balaban J connectivity index is 0.980. The second-order valence-electron chi connectivity index (χ2n) is 14.0. The van der Waals surface area contributed by atoms with Crippen molar-refractivity contribution in [1.29, 1.82) is 0 Å². The molecule has 0 aliphatic heterocycles. The fraction of sp³-hybridized carbons (Fsp3) is 0.289. The zero-order valence-corrected chi connectivity index (χ0v) is 34.4. The number of nitrogens with zero attached hydrogens (tertiary/aromatic N) is 1. The number of nitrogens with one attached hydrogen (secondary N) is 6. The molecule has 4 aromatic carbocycles. The summed E-state index contributed by atoms with van der Waals surface area (Å²) in [6.07, 6.45) is 0.239. The second-order valence-corrected chi connectivity index (χ2v) is 14.0. The molecule has 62 heavy (non-hydrogen) atoms. The van der Waals surface area contributed by atoms with Crippen LogP contribution < -0.4 is 31.9 Å². The molecule has 6 N–H and O–H groups in total. The minimum atomic E-state index is -0.561. The van der Waals surface area contributed by atoms with Gasteiger partial charge < -0.3 is 46.3 Å². The molecular formula is C45H51N7O10. The van der Waals surface area contributed by atoms with Gasteiger partial charge in [-0.1, -0.05) is 84.9 Å². The summed E-state index contributed by atoms with van der Waals surface area (Å²) in [5.41, 5.74) is 4.14. The lowest BCUT2D eigenvalue weighted by Gasteiger charge is -2.16. The van der Waals surface area contributed by atoms with Crippen molar-refractivity contribution in [2.24, 2.45) is 0 Å². The molecule has 0 saturated carbocycles. The molecule has 17 heteroatoms. The number of amides is 6. The van der Waals surface area contributed by atoms with Gasteiger partial charge in [0, 0.05) is 37.3 Å². The van der Waals surface area contributed by atoms with Gasteiger partial charge in [0.25, 0.3) is 0 Å². The molecule has 4 rings (SSSR count). The molecule has 0 fully saturated rings. The summed E-state index contributed by atoms with van der Waals surface area (Å²) in [6, 6.07) is 32.0. The lowest BCUT2D eigenvalue weighted by atomic mass is 10.1. The number of anilines is 2. The Kier molecular flexibility index (Phi) is 19.8. The Labute approximate surface area is 359 Å². The summed E-state index contributed by atoms with van der Waals surface area (Å²) >= 11 is 0. The monoisotopic (exact) mass is 849 g/mol. The molecule has 0 radical (unpaired) electrons. The number of ether oxygens (including phenoxy) is 2. The van der Waals surface area contributed by atoms with Gasteiger partial charge in [-0.2, -0.15) is 0 Å². The average Bonchev–Trinajstić information content (AvgIpc) is 3.28. The molecule has 6 amide bonds. The maximum absolute atomic E-state index is 12.3. The Morgan fingerprint density at radius 1 is 0.419 bits per heavy atom. The van der Waals surface area contributed by atoms with E-state index in [4.69, 9.17) is 9.47 Å². The molecule has 0 aliphatic rings. The van der Waals surface area contributed by atoms with Crippen LogP contribution in [0.15, 0.2) is 109 Å². The smallest absolute Gasteiger partial charge is 0.310 e. The Morgan fingerprint density at radius 3 is 1.13 bits per heavy atom. The van der Waals surface area contributed by atoms with Crippen LogP contribution in [-0.4, -0.2) is 98.6 Å². The van der Waals surface area contributed by atoms with Crippen molar-refractivity contribution < 1.29 is 47.8 Å². The first-order valence-corrected chi connectivity index (χ1v) is 19.8. The Morgan fingerprint density at radius 2 is 0.758 bits per heavy atom. The highest BCUT2D eigenvalue weighted by Gasteiger charge is 2.13. The first-order chi connectivity index (χ1) is 29.9. The van der Waals surface area contributed by atoms with Crippen molar-refractivity contribution in [3.05, 3.63) is 131 Å². The van der Waals surface area contributed by atoms with Gasteiger partial charge in [-0.15, -0.1) is 0 Å². The van der Waals surface area contributed by atoms with E-state index in [0.717, 1.165) is 11.1 Å². The minimum absolute atomic E-state index is 0.0467. The molecular weight excluding hydrogens is 799 g/mol. The number of carbonyl (C=O) groups is 8. The molecule has 0 spiro atoms. The lowest BCUT2D eigenvalue weighted by molar-refractivity contribution is -0.145. The maximum Gasteiger partial charge on any atom is 0.310 e. The second kappa shape index (κ2) is 25.9. The zero-order valence-electron chi connectivity index (χ0n) is 34.4. The molecule has 4 aromatic rings. The summed E-state index contributed by atoms with van der Waals surface area (Å²) in [6.45, 7) is -0.368. The highest BCUT2D eigenvalue weighted by Crippen LogP contribution is 2.13. The normalized spacial score (nSPS) is 10.5. The fourth-order valence-electron chi connectivity index (χ4n) is 5.45. The number of hydrogen-bond acceptors (Lipinski definition) is 11.